The van der Waals surface area contributed by atoms with E-state index in [4.69, 9.17) is 14.2 Å². The Labute approximate surface area is 208 Å². The number of hydrogen-bond donors (Lipinski definition) is 1. The molecule has 186 valence electrons. The van der Waals surface area contributed by atoms with E-state index in [1.165, 1.54) is 21.9 Å². The highest BCUT2D eigenvalue weighted by Crippen LogP contribution is 2.21. The number of benzene rings is 3. The number of fused-ring (bicyclic) bond motifs is 1. The second-order valence-electron chi connectivity index (χ2n) is 9.05. The van der Waals surface area contributed by atoms with Gasteiger partial charge in [0.25, 0.3) is 5.91 Å². The minimum Gasteiger partial charge on any atom is -0.494 e. The van der Waals surface area contributed by atoms with Crippen molar-refractivity contribution in [2.24, 2.45) is 0 Å². The normalized spacial score (nSPS) is 14.8. The summed E-state index contributed by atoms with van der Waals surface area (Å²) in [7, 11) is 1.68. The third-order valence-corrected chi connectivity index (χ3v) is 6.41. The van der Waals surface area contributed by atoms with Gasteiger partial charge in [-0.25, -0.2) is 0 Å². The fourth-order valence-electron chi connectivity index (χ4n) is 4.52. The van der Waals surface area contributed by atoms with Crippen molar-refractivity contribution >= 4 is 16.7 Å². The molecule has 0 atom stereocenters. The average molecular weight is 477 g/mol. The summed E-state index contributed by atoms with van der Waals surface area (Å²) in [5.41, 5.74) is 3.14. The maximum absolute atomic E-state index is 12.7. The first-order chi connectivity index (χ1) is 17.1. The summed E-state index contributed by atoms with van der Waals surface area (Å²) in [4.78, 5) is 15.2. The maximum atomic E-state index is 12.7. The Morgan fingerprint density at radius 1 is 0.971 bits per heavy atom. The summed E-state index contributed by atoms with van der Waals surface area (Å²) in [5.74, 6) is 0.706. The fraction of sp³-hybridized carbons (Fsp3) is 0.414. The van der Waals surface area contributed by atoms with Gasteiger partial charge in [0.05, 0.1) is 26.4 Å². The number of rotatable bonds is 11. The minimum absolute atomic E-state index is 0.0264. The molecule has 1 amide bonds. The topological polar surface area (TPSA) is 60.0 Å². The number of likely N-dealkylation sites (tertiary alicyclic amines) is 1. The standard InChI is InChI=1S/C29H36N2O4/c1-3-35-28-6-4-5-25(19-28)29(32)30-27-11-13-31(14-12-27)20-22-7-9-24-10-8-23(18-26(24)17-22)21-34-16-15-33-2/h4-10,17-19,27H,3,11-16,20-21H2,1-2H3,(H,30,32). The zero-order chi connectivity index (χ0) is 24.5. The summed E-state index contributed by atoms with van der Waals surface area (Å²) in [6.45, 7) is 7.19. The van der Waals surface area contributed by atoms with E-state index in [9.17, 15) is 4.79 Å². The molecule has 35 heavy (non-hydrogen) atoms. The molecule has 0 aliphatic carbocycles. The van der Waals surface area contributed by atoms with Crippen LogP contribution in [0.3, 0.4) is 0 Å². The largest absolute Gasteiger partial charge is 0.494 e. The molecule has 6 nitrogen and oxygen atoms in total. The van der Waals surface area contributed by atoms with Gasteiger partial charge in [0, 0.05) is 38.3 Å². The van der Waals surface area contributed by atoms with Crippen molar-refractivity contribution in [2.75, 3.05) is 40.0 Å². The van der Waals surface area contributed by atoms with Crippen LogP contribution in [-0.2, 0) is 22.6 Å². The Hall–Kier alpha value is -2.93. The van der Waals surface area contributed by atoms with Gasteiger partial charge in [0.15, 0.2) is 0 Å². The Balaban J connectivity index is 1.28. The van der Waals surface area contributed by atoms with Crippen molar-refractivity contribution in [3.63, 3.8) is 0 Å². The van der Waals surface area contributed by atoms with E-state index in [-0.39, 0.29) is 11.9 Å². The number of ether oxygens (including phenoxy) is 3. The molecular formula is C29H36N2O4. The number of piperidine rings is 1. The highest BCUT2D eigenvalue weighted by Gasteiger charge is 2.21. The zero-order valence-corrected chi connectivity index (χ0v) is 20.8. The number of hydrogen-bond acceptors (Lipinski definition) is 5. The summed E-state index contributed by atoms with van der Waals surface area (Å²) in [6.07, 6.45) is 1.90. The van der Waals surface area contributed by atoms with E-state index < -0.39 is 0 Å². The van der Waals surface area contributed by atoms with Gasteiger partial charge in [-0.2, -0.15) is 0 Å². The molecular weight excluding hydrogens is 440 g/mol. The molecule has 0 saturated carbocycles. The van der Waals surface area contributed by atoms with Gasteiger partial charge in [-0.15, -0.1) is 0 Å². The van der Waals surface area contributed by atoms with Gasteiger partial charge in [0.1, 0.15) is 5.75 Å². The molecule has 0 spiro atoms. The van der Waals surface area contributed by atoms with Crippen LogP contribution in [0.25, 0.3) is 10.8 Å². The molecule has 4 rings (SSSR count). The quantitative estimate of drug-likeness (QED) is 0.403. The molecule has 1 N–H and O–H groups in total. The van der Waals surface area contributed by atoms with Crippen LogP contribution in [-0.4, -0.2) is 56.9 Å². The number of amides is 1. The van der Waals surface area contributed by atoms with Crippen LogP contribution < -0.4 is 10.1 Å². The Morgan fingerprint density at radius 2 is 1.74 bits per heavy atom. The molecule has 1 aliphatic heterocycles. The molecule has 0 aromatic heterocycles. The van der Waals surface area contributed by atoms with Gasteiger partial charge in [0.2, 0.25) is 0 Å². The first-order valence-corrected chi connectivity index (χ1v) is 12.5. The highest BCUT2D eigenvalue weighted by atomic mass is 16.5. The summed E-state index contributed by atoms with van der Waals surface area (Å²) in [5, 5.41) is 5.69. The molecule has 1 aliphatic rings. The van der Waals surface area contributed by atoms with Crippen LogP contribution in [0.5, 0.6) is 5.75 Å². The number of carbonyl (C=O) groups excluding carboxylic acids is 1. The lowest BCUT2D eigenvalue weighted by Crippen LogP contribution is -2.44. The van der Waals surface area contributed by atoms with Crippen molar-refractivity contribution < 1.29 is 19.0 Å². The van der Waals surface area contributed by atoms with E-state index in [0.717, 1.165) is 38.2 Å². The Kier molecular flexibility index (Phi) is 9.12. The second-order valence-corrected chi connectivity index (χ2v) is 9.05. The minimum atomic E-state index is -0.0264. The van der Waals surface area contributed by atoms with E-state index in [1.54, 1.807) is 7.11 Å². The molecule has 6 heteroatoms. The van der Waals surface area contributed by atoms with Gasteiger partial charge < -0.3 is 19.5 Å². The van der Waals surface area contributed by atoms with Crippen LogP contribution in [0.4, 0.5) is 0 Å². The highest BCUT2D eigenvalue weighted by molar-refractivity contribution is 5.94. The van der Waals surface area contributed by atoms with E-state index in [2.05, 4.69) is 46.6 Å². The summed E-state index contributed by atoms with van der Waals surface area (Å²) in [6, 6.07) is 20.8. The van der Waals surface area contributed by atoms with Crippen molar-refractivity contribution in [1.82, 2.24) is 10.2 Å². The Morgan fingerprint density at radius 3 is 2.51 bits per heavy atom. The van der Waals surface area contributed by atoms with Crippen LogP contribution in [0.15, 0.2) is 60.7 Å². The lowest BCUT2D eigenvalue weighted by Gasteiger charge is -2.32. The molecule has 1 heterocycles. The van der Waals surface area contributed by atoms with Gasteiger partial charge in [-0.3, -0.25) is 9.69 Å². The first-order valence-electron chi connectivity index (χ1n) is 12.5. The fourth-order valence-corrected chi connectivity index (χ4v) is 4.52. The van der Waals surface area contributed by atoms with Crippen LogP contribution in [0, 0.1) is 0 Å². The van der Waals surface area contributed by atoms with Crippen molar-refractivity contribution in [2.45, 2.75) is 39.0 Å². The predicted molar refractivity (Wildman–Crippen MR) is 139 cm³/mol. The van der Waals surface area contributed by atoms with Crippen molar-refractivity contribution in [1.29, 1.82) is 0 Å². The molecule has 0 radical (unpaired) electrons. The molecule has 1 fully saturated rings. The monoisotopic (exact) mass is 476 g/mol. The second kappa shape index (κ2) is 12.7. The smallest absolute Gasteiger partial charge is 0.251 e. The first kappa shape index (κ1) is 25.2. The number of carbonyl (C=O) groups is 1. The molecule has 0 unspecified atom stereocenters. The number of methoxy groups -OCH3 is 1. The van der Waals surface area contributed by atoms with Crippen LogP contribution in [0.2, 0.25) is 0 Å². The summed E-state index contributed by atoms with van der Waals surface area (Å²) < 4.78 is 16.2. The van der Waals surface area contributed by atoms with Gasteiger partial charge in [-0.1, -0.05) is 30.3 Å². The van der Waals surface area contributed by atoms with E-state index in [0.29, 0.717) is 32.0 Å². The zero-order valence-electron chi connectivity index (χ0n) is 20.8. The molecule has 0 bridgehead atoms. The maximum Gasteiger partial charge on any atom is 0.251 e. The number of nitrogens with one attached hydrogen (secondary N) is 1. The molecule has 1 saturated heterocycles. The van der Waals surface area contributed by atoms with Gasteiger partial charge >= 0.3 is 0 Å². The predicted octanol–water partition coefficient (Wildman–Crippen LogP) is 4.80. The average Bonchev–Trinajstić information content (AvgIpc) is 2.88. The number of nitrogens with zero attached hydrogens (tertiary/aromatic N) is 1. The SMILES string of the molecule is CCOc1cccc(C(=O)NC2CCN(Cc3ccc4ccc(COCCOC)cc4c3)CC2)c1. The van der Waals surface area contributed by atoms with E-state index >= 15 is 0 Å². The van der Waals surface area contributed by atoms with Crippen LogP contribution >= 0.6 is 0 Å². The molecule has 3 aromatic rings. The lowest BCUT2D eigenvalue weighted by molar-refractivity contribution is 0.0617. The van der Waals surface area contributed by atoms with Crippen molar-refractivity contribution in [3.8, 4) is 5.75 Å². The lowest BCUT2D eigenvalue weighted by atomic mass is 10.0. The third kappa shape index (κ3) is 7.28. The Bertz CT molecular complexity index is 1110. The molecule has 3 aromatic carbocycles. The van der Waals surface area contributed by atoms with Crippen molar-refractivity contribution in [3.05, 3.63) is 77.4 Å². The van der Waals surface area contributed by atoms with Crippen LogP contribution in [0.1, 0.15) is 41.3 Å². The summed E-state index contributed by atoms with van der Waals surface area (Å²) >= 11 is 0. The third-order valence-electron chi connectivity index (χ3n) is 6.41. The van der Waals surface area contributed by atoms with Gasteiger partial charge in [-0.05, 0) is 72.0 Å². The van der Waals surface area contributed by atoms with E-state index in [1.807, 2.05) is 31.2 Å².